The van der Waals surface area contributed by atoms with Crippen molar-refractivity contribution >= 4 is 16.9 Å². The number of aryl methyl sites for hydroxylation is 1. The molecular weight excluding hydrogens is 240 g/mol. The molecule has 0 aliphatic heterocycles. The largest absolute Gasteiger partial charge is 0.388 e. The van der Waals surface area contributed by atoms with E-state index in [4.69, 9.17) is 0 Å². The Bertz CT molecular complexity index is 560. The highest BCUT2D eigenvalue weighted by Gasteiger charge is 2.25. The van der Waals surface area contributed by atoms with Gasteiger partial charge in [-0.1, -0.05) is 20.8 Å². The van der Waals surface area contributed by atoms with Gasteiger partial charge in [0.15, 0.2) is 0 Å². The molecule has 0 saturated heterocycles. The summed E-state index contributed by atoms with van der Waals surface area (Å²) in [6, 6.07) is 0. The molecule has 5 heteroatoms. The van der Waals surface area contributed by atoms with Gasteiger partial charge in [0.1, 0.15) is 17.8 Å². The fourth-order valence-corrected chi connectivity index (χ4v) is 1.91. The Morgan fingerprint density at radius 3 is 2.79 bits per heavy atom. The number of anilines is 1. The molecule has 0 saturated carbocycles. The van der Waals surface area contributed by atoms with Gasteiger partial charge in [0.25, 0.3) is 0 Å². The highest BCUT2D eigenvalue weighted by Crippen LogP contribution is 2.25. The smallest absolute Gasteiger partial charge is 0.143 e. The first-order chi connectivity index (χ1) is 8.95. The number of aromatic amines is 1. The van der Waals surface area contributed by atoms with Crippen molar-refractivity contribution in [3.8, 4) is 0 Å². The molecule has 2 aromatic heterocycles. The lowest BCUT2D eigenvalue weighted by Crippen LogP contribution is -2.38. The third-order valence-electron chi connectivity index (χ3n) is 3.79. The number of aliphatic hydroxyl groups is 1. The average Bonchev–Trinajstić information content (AvgIpc) is 2.79. The van der Waals surface area contributed by atoms with E-state index in [9.17, 15) is 5.11 Å². The Morgan fingerprint density at radius 1 is 1.42 bits per heavy atom. The minimum absolute atomic E-state index is 0.175. The summed E-state index contributed by atoms with van der Waals surface area (Å²) in [4.78, 5) is 11.7. The van der Waals surface area contributed by atoms with Crippen molar-refractivity contribution in [3.05, 3.63) is 18.1 Å². The Kier molecular flexibility index (Phi) is 3.75. The summed E-state index contributed by atoms with van der Waals surface area (Å²) < 4.78 is 0. The third kappa shape index (κ3) is 2.71. The van der Waals surface area contributed by atoms with Crippen LogP contribution in [0.5, 0.6) is 0 Å². The first-order valence-corrected chi connectivity index (χ1v) is 6.73. The number of hydrogen-bond donors (Lipinski definition) is 3. The number of H-pyrrole nitrogens is 1. The molecule has 0 fully saturated rings. The van der Waals surface area contributed by atoms with Crippen LogP contribution in [0, 0.1) is 5.92 Å². The molecule has 2 aromatic rings. The van der Waals surface area contributed by atoms with Crippen LogP contribution in [0.1, 0.15) is 33.3 Å². The molecule has 0 aromatic carbocycles. The first-order valence-electron chi connectivity index (χ1n) is 6.73. The Hall–Kier alpha value is -1.62. The fourth-order valence-electron chi connectivity index (χ4n) is 1.91. The quantitative estimate of drug-likeness (QED) is 0.773. The minimum Gasteiger partial charge on any atom is -0.388 e. The summed E-state index contributed by atoms with van der Waals surface area (Å²) in [6.45, 7) is 8.41. The van der Waals surface area contributed by atoms with Crippen LogP contribution in [0.15, 0.2) is 12.5 Å². The van der Waals surface area contributed by atoms with E-state index < -0.39 is 5.60 Å². The molecule has 3 N–H and O–H groups in total. The molecule has 104 valence electrons. The maximum atomic E-state index is 10.3. The number of nitrogens with zero attached hydrogens (tertiary/aromatic N) is 2. The molecule has 19 heavy (non-hydrogen) atoms. The molecule has 5 nitrogen and oxygen atoms in total. The van der Waals surface area contributed by atoms with E-state index in [2.05, 4.69) is 27.2 Å². The normalized spacial score (nSPS) is 14.8. The maximum absolute atomic E-state index is 10.3. The van der Waals surface area contributed by atoms with Crippen LogP contribution >= 0.6 is 0 Å². The fraction of sp³-hybridized carbons (Fsp3) is 0.571. The van der Waals surface area contributed by atoms with E-state index in [1.807, 2.05) is 27.0 Å². The van der Waals surface area contributed by atoms with E-state index in [0.717, 1.165) is 23.3 Å². The lowest BCUT2D eigenvalue weighted by atomic mass is 9.92. The monoisotopic (exact) mass is 262 g/mol. The van der Waals surface area contributed by atoms with Gasteiger partial charge in [-0.05, 0) is 24.8 Å². The SMILES string of the molecule is CCc1c[nH]c2ncnc(NC[C@@](C)(O)C(C)C)c12. The summed E-state index contributed by atoms with van der Waals surface area (Å²) in [6.07, 6.45) is 4.42. The second-order valence-corrected chi connectivity index (χ2v) is 5.48. The average molecular weight is 262 g/mol. The van der Waals surface area contributed by atoms with Gasteiger partial charge in [-0.3, -0.25) is 0 Å². The van der Waals surface area contributed by atoms with Gasteiger partial charge in [-0.2, -0.15) is 0 Å². The number of fused-ring (bicyclic) bond motifs is 1. The van der Waals surface area contributed by atoms with E-state index in [1.54, 1.807) is 0 Å². The van der Waals surface area contributed by atoms with E-state index >= 15 is 0 Å². The lowest BCUT2D eigenvalue weighted by Gasteiger charge is -2.28. The van der Waals surface area contributed by atoms with Crippen LogP contribution in [-0.4, -0.2) is 32.2 Å². The van der Waals surface area contributed by atoms with Crippen molar-refractivity contribution in [2.24, 2.45) is 5.92 Å². The molecule has 0 unspecified atom stereocenters. The molecule has 0 radical (unpaired) electrons. The minimum atomic E-state index is -0.764. The summed E-state index contributed by atoms with van der Waals surface area (Å²) >= 11 is 0. The number of aromatic nitrogens is 3. The number of hydrogen-bond acceptors (Lipinski definition) is 4. The van der Waals surface area contributed by atoms with E-state index in [0.29, 0.717) is 6.54 Å². The molecule has 0 bridgehead atoms. The van der Waals surface area contributed by atoms with Gasteiger partial charge in [-0.15, -0.1) is 0 Å². The van der Waals surface area contributed by atoms with Crippen LogP contribution in [-0.2, 0) is 6.42 Å². The van der Waals surface area contributed by atoms with Crippen LogP contribution < -0.4 is 5.32 Å². The predicted molar refractivity (Wildman–Crippen MR) is 77.2 cm³/mol. The lowest BCUT2D eigenvalue weighted by molar-refractivity contribution is 0.0266. The Labute approximate surface area is 113 Å². The highest BCUT2D eigenvalue weighted by atomic mass is 16.3. The zero-order valence-corrected chi connectivity index (χ0v) is 12.0. The zero-order chi connectivity index (χ0) is 14.0. The van der Waals surface area contributed by atoms with E-state index in [1.165, 1.54) is 11.9 Å². The summed E-state index contributed by atoms with van der Waals surface area (Å²) in [5.41, 5.74) is 1.25. The van der Waals surface area contributed by atoms with Gasteiger partial charge in [0, 0.05) is 12.7 Å². The number of rotatable bonds is 5. The van der Waals surface area contributed by atoms with Crippen molar-refractivity contribution in [1.29, 1.82) is 0 Å². The Morgan fingerprint density at radius 2 is 2.16 bits per heavy atom. The predicted octanol–water partition coefficient (Wildman–Crippen LogP) is 2.34. The topological polar surface area (TPSA) is 73.8 Å². The molecule has 0 aliphatic rings. The van der Waals surface area contributed by atoms with Crippen LogP contribution in [0.25, 0.3) is 11.0 Å². The van der Waals surface area contributed by atoms with Gasteiger partial charge < -0.3 is 15.4 Å². The maximum Gasteiger partial charge on any atom is 0.143 e. The zero-order valence-electron chi connectivity index (χ0n) is 12.0. The second-order valence-electron chi connectivity index (χ2n) is 5.48. The highest BCUT2D eigenvalue weighted by molar-refractivity contribution is 5.90. The molecule has 0 spiro atoms. The van der Waals surface area contributed by atoms with Crippen molar-refractivity contribution in [2.45, 2.75) is 39.7 Å². The Balaban J connectivity index is 2.28. The van der Waals surface area contributed by atoms with E-state index in [-0.39, 0.29) is 5.92 Å². The third-order valence-corrected chi connectivity index (χ3v) is 3.79. The van der Waals surface area contributed by atoms with Crippen LogP contribution in [0.2, 0.25) is 0 Å². The van der Waals surface area contributed by atoms with Crippen LogP contribution in [0.4, 0.5) is 5.82 Å². The van der Waals surface area contributed by atoms with Crippen LogP contribution in [0.3, 0.4) is 0 Å². The standard InChI is InChI=1S/C14H22N4O/c1-5-10-6-15-12-11(10)13(18-8-17-12)16-7-14(4,19)9(2)3/h6,8-9,19H,5,7H2,1-4H3,(H2,15,16,17,18)/t14-/m1/s1. The summed E-state index contributed by atoms with van der Waals surface area (Å²) in [7, 11) is 0. The molecule has 1 atom stereocenters. The molecule has 2 rings (SSSR count). The van der Waals surface area contributed by atoms with Crippen molar-refractivity contribution in [1.82, 2.24) is 15.0 Å². The number of nitrogens with one attached hydrogen (secondary N) is 2. The molecule has 0 aliphatic carbocycles. The second kappa shape index (κ2) is 5.17. The molecule has 2 heterocycles. The van der Waals surface area contributed by atoms with Gasteiger partial charge in [0.2, 0.25) is 0 Å². The van der Waals surface area contributed by atoms with Crippen molar-refractivity contribution < 1.29 is 5.11 Å². The molecular formula is C14H22N4O. The van der Waals surface area contributed by atoms with Gasteiger partial charge in [0.05, 0.1) is 11.0 Å². The van der Waals surface area contributed by atoms with Gasteiger partial charge in [-0.25, -0.2) is 9.97 Å². The molecule has 0 amide bonds. The summed E-state index contributed by atoms with van der Waals surface area (Å²) in [5, 5.41) is 14.6. The van der Waals surface area contributed by atoms with Crippen molar-refractivity contribution in [3.63, 3.8) is 0 Å². The summed E-state index contributed by atoms with van der Waals surface area (Å²) in [5.74, 6) is 0.957. The van der Waals surface area contributed by atoms with Crippen molar-refractivity contribution in [2.75, 3.05) is 11.9 Å². The van der Waals surface area contributed by atoms with Gasteiger partial charge >= 0.3 is 0 Å². The first kappa shape index (κ1) is 13.8.